The van der Waals surface area contributed by atoms with Gasteiger partial charge in [0.25, 0.3) is 0 Å². The van der Waals surface area contributed by atoms with Crippen LogP contribution in [0.1, 0.15) is 49.3 Å². The summed E-state index contributed by atoms with van der Waals surface area (Å²) in [5.41, 5.74) is -2.95. The number of carbonyl (C=O) groups is 1. The van der Waals surface area contributed by atoms with Crippen molar-refractivity contribution >= 4 is 21.6 Å². The fraction of sp³-hybridized carbons (Fsp3) is 0.458. The van der Waals surface area contributed by atoms with Crippen LogP contribution in [0.2, 0.25) is 0 Å². The number of hydrogen-bond acceptors (Lipinski definition) is 4. The first kappa shape index (κ1) is 28.8. The average Bonchev–Trinajstić information content (AvgIpc) is 2.82. The molecule has 0 aromatic heterocycles. The molecule has 0 saturated carbocycles. The number of benzene rings is 2. The molecule has 1 N–H and O–H groups in total. The fourth-order valence-corrected chi connectivity index (χ4v) is 5.68. The number of piperidine rings is 1. The molecule has 2 aromatic rings. The van der Waals surface area contributed by atoms with Gasteiger partial charge in [-0.3, -0.25) is 4.79 Å². The quantitative estimate of drug-likeness (QED) is 0.453. The van der Waals surface area contributed by atoms with Crippen LogP contribution in [0.15, 0.2) is 41.3 Å². The molecule has 1 aliphatic heterocycles. The lowest BCUT2D eigenvalue weighted by Gasteiger charge is -2.31. The second kappa shape index (κ2) is 10.5. The number of alkyl halides is 6. The van der Waals surface area contributed by atoms with Crippen molar-refractivity contribution in [1.82, 2.24) is 4.31 Å². The van der Waals surface area contributed by atoms with Crippen LogP contribution in [-0.2, 0) is 27.2 Å². The second-order valence-electron chi connectivity index (χ2n) is 9.03. The lowest BCUT2D eigenvalue weighted by Crippen LogP contribution is -2.41. The largest absolute Gasteiger partial charge is 0.495 e. The highest BCUT2D eigenvalue weighted by molar-refractivity contribution is 7.89. The molecule has 13 heteroatoms. The Morgan fingerprint density at radius 1 is 0.973 bits per heavy atom. The van der Waals surface area contributed by atoms with E-state index in [1.165, 1.54) is 17.5 Å². The van der Waals surface area contributed by atoms with Crippen molar-refractivity contribution in [2.45, 2.75) is 49.9 Å². The third-order valence-electron chi connectivity index (χ3n) is 6.15. The van der Waals surface area contributed by atoms with E-state index in [1.807, 2.05) is 13.8 Å². The van der Waals surface area contributed by atoms with Gasteiger partial charge in [-0.25, -0.2) is 8.42 Å². The van der Waals surface area contributed by atoms with Crippen molar-refractivity contribution in [3.8, 4) is 5.75 Å². The number of ether oxygens (including phenoxy) is 1. The number of halogens is 6. The number of rotatable bonds is 6. The molecule has 0 aliphatic carbocycles. The molecule has 0 atom stereocenters. The number of sulfonamides is 1. The lowest BCUT2D eigenvalue weighted by atomic mass is 9.97. The van der Waals surface area contributed by atoms with Gasteiger partial charge in [-0.05, 0) is 54.7 Å². The Hall–Kier alpha value is -2.80. The van der Waals surface area contributed by atoms with Gasteiger partial charge < -0.3 is 10.1 Å². The van der Waals surface area contributed by atoms with Gasteiger partial charge in [0, 0.05) is 24.7 Å². The van der Waals surface area contributed by atoms with E-state index < -0.39 is 51.0 Å². The molecule has 0 bridgehead atoms. The first-order valence-corrected chi connectivity index (χ1v) is 12.8. The van der Waals surface area contributed by atoms with Crippen molar-refractivity contribution in [2.24, 2.45) is 5.92 Å². The molecule has 6 nitrogen and oxygen atoms in total. The van der Waals surface area contributed by atoms with Crippen LogP contribution in [0, 0.1) is 5.92 Å². The van der Waals surface area contributed by atoms with E-state index in [1.54, 1.807) is 12.1 Å². The predicted molar refractivity (Wildman–Crippen MR) is 124 cm³/mol. The van der Waals surface area contributed by atoms with Gasteiger partial charge in [0.05, 0.1) is 18.2 Å². The number of carbonyl (C=O) groups excluding carboxylic acids is 1. The first-order valence-electron chi connectivity index (χ1n) is 11.3. The Balaban J connectivity index is 1.76. The van der Waals surface area contributed by atoms with Crippen LogP contribution in [0.25, 0.3) is 0 Å². The zero-order chi connectivity index (χ0) is 27.8. The van der Waals surface area contributed by atoms with E-state index in [0.29, 0.717) is 12.1 Å². The molecule has 0 radical (unpaired) electrons. The average molecular weight is 553 g/mol. The molecule has 1 amide bonds. The molecule has 1 aliphatic rings. The first-order chi connectivity index (χ1) is 17.0. The van der Waals surface area contributed by atoms with Gasteiger partial charge in [-0.2, -0.15) is 30.6 Å². The van der Waals surface area contributed by atoms with Crippen LogP contribution in [0.5, 0.6) is 5.75 Å². The summed E-state index contributed by atoms with van der Waals surface area (Å²) < 4.78 is 112. The monoisotopic (exact) mass is 552 g/mol. The van der Waals surface area contributed by atoms with Gasteiger partial charge in [0.2, 0.25) is 15.9 Å². The smallest absolute Gasteiger partial charge is 0.416 e. The maximum absolute atomic E-state index is 13.3. The number of nitrogens with zero attached hydrogens (tertiary/aromatic N) is 1. The van der Waals surface area contributed by atoms with Crippen LogP contribution in [0.3, 0.4) is 0 Å². The molecular formula is C24H26F6N2O4S. The SMILES string of the molecule is COc1ccc(C(C)C)cc1S(=O)(=O)N1CCC(C(=O)Nc2cc(C(F)(F)F)cc(C(F)(F)F)c2)CC1. The summed E-state index contributed by atoms with van der Waals surface area (Å²) in [5, 5.41) is 2.13. The second-order valence-corrected chi connectivity index (χ2v) is 10.9. The molecule has 1 heterocycles. The summed E-state index contributed by atoms with van der Waals surface area (Å²) in [4.78, 5) is 12.7. The van der Waals surface area contributed by atoms with Crippen molar-refractivity contribution in [1.29, 1.82) is 0 Å². The zero-order valence-electron chi connectivity index (χ0n) is 20.2. The minimum absolute atomic E-state index is 0.0206. The van der Waals surface area contributed by atoms with E-state index in [9.17, 15) is 39.6 Å². The number of hydrogen-bond donors (Lipinski definition) is 1. The van der Waals surface area contributed by atoms with E-state index in [0.717, 1.165) is 5.56 Å². The number of methoxy groups -OCH3 is 1. The van der Waals surface area contributed by atoms with E-state index >= 15 is 0 Å². The summed E-state index contributed by atoms with van der Waals surface area (Å²) in [5.74, 6) is -1.37. The van der Waals surface area contributed by atoms with Crippen molar-refractivity contribution in [3.63, 3.8) is 0 Å². The Kier molecular flexibility index (Phi) is 8.18. The minimum atomic E-state index is -5.05. The fourth-order valence-electron chi connectivity index (χ4n) is 4.02. The number of nitrogens with one attached hydrogen (secondary N) is 1. The molecule has 2 aromatic carbocycles. The van der Waals surface area contributed by atoms with E-state index in [2.05, 4.69) is 5.32 Å². The number of anilines is 1. The summed E-state index contributed by atoms with van der Waals surface area (Å²) in [6.45, 7) is 3.69. The van der Waals surface area contributed by atoms with Gasteiger partial charge in [-0.15, -0.1) is 0 Å². The lowest BCUT2D eigenvalue weighted by molar-refractivity contribution is -0.143. The zero-order valence-corrected chi connectivity index (χ0v) is 21.0. The van der Waals surface area contributed by atoms with Gasteiger partial charge in [0.15, 0.2) is 0 Å². The van der Waals surface area contributed by atoms with Crippen molar-refractivity contribution in [2.75, 3.05) is 25.5 Å². The third-order valence-corrected chi connectivity index (χ3v) is 8.07. The summed E-state index contributed by atoms with van der Waals surface area (Å²) in [7, 11) is -2.64. The highest BCUT2D eigenvalue weighted by Crippen LogP contribution is 2.38. The number of amides is 1. The summed E-state index contributed by atoms with van der Waals surface area (Å²) >= 11 is 0. The highest BCUT2D eigenvalue weighted by atomic mass is 32.2. The maximum Gasteiger partial charge on any atom is 0.416 e. The Bertz CT molecular complexity index is 1220. The molecule has 3 rings (SSSR count). The van der Waals surface area contributed by atoms with E-state index in [-0.39, 0.29) is 48.6 Å². The van der Waals surface area contributed by atoms with Crippen molar-refractivity contribution < 1.29 is 44.3 Å². The molecule has 204 valence electrons. The molecule has 1 saturated heterocycles. The third kappa shape index (κ3) is 6.56. The van der Waals surface area contributed by atoms with E-state index in [4.69, 9.17) is 4.74 Å². The van der Waals surface area contributed by atoms with Crippen LogP contribution < -0.4 is 10.1 Å². The topological polar surface area (TPSA) is 75.7 Å². The maximum atomic E-state index is 13.3. The molecule has 0 spiro atoms. The summed E-state index contributed by atoms with van der Waals surface area (Å²) in [6.07, 6.45) is -10.0. The normalized spacial score (nSPS) is 16.2. The summed E-state index contributed by atoms with van der Waals surface area (Å²) in [6, 6.07) is 5.69. The standard InChI is InChI=1S/C24H26F6N2O4S/c1-14(2)16-4-5-20(36-3)21(10-16)37(34,35)32-8-6-15(7-9-32)22(33)31-19-12-17(23(25,26)27)11-18(13-19)24(28,29)30/h4-5,10-15H,6-9H2,1-3H3,(H,31,33). The Morgan fingerprint density at radius 2 is 1.51 bits per heavy atom. The van der Waals surface area contributed by atoms with Gasteiger partial charge in [-0.1, -0.05) is 19.9 Å². The molecule has 1 fully saturated rings. The molecular weight excluding hydrogens is 526 g/mol. The molecule has 0 unspecified atom stereocenters. The van der Waals surface area contributed by atoms with Crippen molar-refractivity contribution in [3.05, 3.63) is 53.1 Å². The van der Waals surface area contributed by atoms with Crippen LogP contribution in [0.4, 0.5) is 32.0 Å². The predicted octanol–water partition coefficient (Wildman–Crippen LogP) is 5.90. The van der Waals surface area contributed by atoms with Crippen LogP contribution >= 0.6 is 0 Å². The highest BCUT2D eigenvalue weighted by Gasteiger charge is 2.38. The Labute approximate surface area is 210 Å². The molecule has 37 heavy (non-hydrogen) atoms. The Morgan fingerprint density at radius 3 is 1.97 bits per heavy atom. The van der Waals surface area contributed by atoms with Gasteiger partial charge >= 0.3 is 12.4 Å². The van der Waals surface area contributed by atoms with Crippen LogP contribution in [-0.4, -0.2) is 38.8 Å². The minimum Gasteiger partial charge on any atom is -0.495 e. The van der Waals surface area contributed by atoms with Gasteiger partial charge in [0.1, 0.15) is 10.6 Å².